The first-order valence-corrected chi connectivity index (χ1v) is 8.64. The van der Waals surface area contributed by atoms with Gasteiger partial charge < -0.3 is 15.4 Å². The van der Waals surface area contributed by atoms with Gasteiger partial charge in [-0.2, -0.15) is 0 Å². The van der Waals surface area contributed by atoms with Crippen LogP contribution in [0.25, 0.3) is 0 Å². The average Bonchev–Trinajstić information content (AvgIpc) is 2.60. The summed E-state index contributed by atoms with van der Waals surface area (Å²) in [5, 5.41) is 5.64. The van der Waals surface area contributed by atoms with Crippen molar-refractivity contribution in [3.8, 4) is 0 Å². The fraction of sp³-hybridized carbons (Fsp3) is 0.474. The number of ether oxygens (including phenoxy) is 1. The predicted molar refractivity (Wildman–Crippen MR) is 91.0 cm³/mol. The summed E-state index contributed by atoms with van der Waals surface area (Å²) in [6, 6.07) is 9.13. The van der Waals surface area contributed by atoms with Gasteiger partial charge in [0, 0.05) is 5.70 Å². The second kappa shape index (κ2) is 7.51. The summed E-state index contributed by atoms with van der Waals surface area (Å²) < 4.78 is 5.51. The maximum Gasteiger partial charge on any atom is 0.338 e. The van der Waals surface area contributed by atoms with Crippen LogP contribution in [0.5, 0.6) is 0 Å². The first kappa shape index (κ1) is 16.6. The molecule has 24 heavy (non-hydrogen) atoms. The molecule has 0 saturated heterocycles. The molecule has 3 rings (SSSR count). The summed E-state index contributed by atoms with van der Waals surface area (Å²) in [6.07, 6.45) is 5.60. The van der Waals surface area contributed by atoms with E-state index in [0.29, 0.717) is 17.2 Å². The Hall–Kier alpha value is -2.30. The van der Waals surface area contributed by atoms with Crippen LogP contribution in [-0.4, -0.2) is 18.0 Å². The van der Waals surface area contributed by atoms with Crippen molar-refractivity contribution < 1.29 is 14.3 Å². The quantitative estimate of drug-likeness (QED) is 0.834. The smallest absolute Gasteiger partial charge is 0.338 e. The molecule has 5 nitrogen and oxygen atoms in total. The van der Waals surface area contributed by atoms with Crippen molar-refractivity contribution in [3.05, 3.63) is 47.2 Å². The number of urea groups is 1. The van der Waals surface area contributed by atoms with Gasteiger partial charge in [0.05, 0.1) is 11.6 Å². The summed E-state index contributed by atoms with van der Waals surface area (Å²) in [5.74, 6) is -0.0431. The number of carbonyl (C=O) groups is 2. The van der Waals surface area contributed by atoms with Crippen molar-refractivity contribution in [3.63, 3.8) is 0 Å². The maximum absolute atomic E-state index is 12.7. The lowest BCUT2D eigenvalue weighted by molar-refractivity contribution is -0.141. The molecule has 1 unspecified atom stereocenters. The Balaban J connectivity index is 1.74. The molecule has 0 radical (unpaired) electrons. The van der Waals surface area contributed by atoms with E-state index in [9.17, 15) is 9.59 Å². The van der Waals surface area contributed by atoms with E-state index in [4.69, 9.17) is 4.74 Å². The summed E-state index contributed by atoms with van der Waals surface area (Å²) in [4.78, 5) is 24.5. The molecule has 1 aliphatic carbocycles. The van der Waals surface area contributed by atoms with Crippen LogP contribution >= 0.6 is 0 Å². The lowest BCUT2D eigenvalue weighted by Gasteiger charge is -2.35. The number of carbonyl (C=O) groups excluding carboxylic acids is 2. The molecule has 0 bridgehead atoms. The molecule has 5 heteroatoms. The van der Waals surface area contributed by atoms with Gasteiger partial charge in [0.1, 0.15) is 6.61 Å². The van der Waals surface area contributed by atoms with Crippen LogP contribution in [0.3, 0.4) is 0 Å². The molecule has 1 aliphatic heterocycles. The zero-order chi connectivity index (χ0) is 16.9. The standard InChI is InChI=1S/C19H24N2O3/c1-13-16(18(22)24-12-14-8-4-2-5-9-14)17(21-19(23)20-13)15-10-6-3-7-11-15/h2,4-5,8-9,15,17H,3,6-7,10-12H2,1H3,(H2,20,21,23). The Morgan fingerprint density at radius 2 is 1.88 bits per heavy atom. The number of hydrogen-bond acceptors (Lipinski definition) is 3. The van der Waals surface area contributed by atoms with E-state index in [1.807, 2.05) is 30.3 Å². The number of hydrogen-bond donors (Lipinski definition) is 2. The molecule has 1 heterocycles. The van der Waals surface area contributed by atoms with E-state index in [1.54, 1.807) is 6.92 Å². The van der Waals surface area contributed by atoms with E-state index in [-0.39, 0.29) is 24.6 Å². The van der Waals surface area contributed by atoms with Crippen molar-refractivity contribution in [1.82, 2.24) is 10.6 Å². The van der Waals surface area contributed by atoms with Gasteiger partial charge in [-0.3, -0.25) is 0 Å². The molecule has 2 N–H and O–H groups in total. The van der Waals surface area contributed by atoms with E-state index < -0.39 is 0 Å². The third kappa shape index (κ3) is 3.78. The number of allylic oxidation sites excluding steroid dienone is 1. The highest BCUT2D eigenvalue weighted by Gasteiger charge is 2.36. The van der Waals surface area contributed by atoms with Gasteiger partial charge in [-0.05, 0) is 31.2 Å². The third-order valence-electron chi connectivity index (χ3n) is 4.86. The number of rotatable bonds is 4. The van der Waals surface area contributed by atoms with Crippen LogP contribution in [-0.2, 0) is 16.1 Å². The molecule has 128 valence electrons. The van der Waals surface area contributed by atoms with Crippen LogP contribution in [0, 0.1) is 5.92 Å². The minimum Gasteiger partial charge on any atom is -0.457 e. The monoisotopic (exact) mass is 328 g/mol. The molecular formula is C19H24N2O3. The Labute approximate surface area is 142 Å². The van der Waals surface area contributed by atoms with Gasteiger partial charge in [0.2, 0.25) is 0 Å². The lowest BCUT2D eigenvalue weighted by Crippen LogP contribution is -2.53. The van der Waals surface area contributed by atoms with E-state index >= 15 is 0 Å². The molecule has 2 amide bonds. The highest BCUT2D eigenvalue weighted by molar-refractivity contribution is 5.94. The number of esters is 1. The normalized spacial score (nSPS) is 21.9. The van der Waals surface area contributed by atoms with Gasteiger partial charge >= 0.3 is 12.0 Å². The summed E-state index contributed by atoms with van der Waals surface area (Å²) >= 11 is 0. The minimum atomic E-state index is -0.348. The van der Waals surface area contributed by atoms with Gasteiger partial charge in [0.15, 0.2) is 0 Å². The average molecular weight is 328 g/mol. The van der Waals surface area contributed by atoms with Crippen LogP contribution in [0.2, 0.25) is 0 Å². The van der Waals surface area contributed by atoms with Gasteiger partial charge in [-0.1, -0.05) is 49.6 Å². The highest BCUT2D eigenvalue weighted by Crippen LogP contribution is 2.32. The van der Waals surface area contributed by atoms with Crippen molar-refractivity contribution in [2.24, 2.45) is 5.92 Å². The summed E-state index contributed by atoms with van der Waals surface area (Å²) in [7, 11) is 0. The molecule has 0 spiro atoms. The van der Waals surface area contributed by atoms with Gasteiger partial charge in [0.25, 0.3) is 0 Å². The zero-order valence-electron chi connectivity index (χ0n) is 14.0. The Morgan fingerprint density at radius 1 is 1.17 bits per heavy atom. The van der Waals surface area contributed by atoms with Crippen LogP contribution in [0.1, 0.15) is 44.6 Å². The number of nitrogens with one attached hydrogen (secondary N) is 2. The number of benzene rings is 1. The lowest BCUT2D eigenvalue weighted by atomic mass is 9.80. The SMILES string of the molecule is CC1=C(C(=O)OCc2ccccc2)C(C2CCCCC2)NC(=O)N1. The Morgan fingerprint density at radius 3 is 2.58 bits per heavy atom. The highest BCUT2D eigenvalue weighted by atomic mass is 16.5. The summed E-state index contributed by atoms with van der Waals surface area (Å²) in [5.41, 5.74) is 2.12. The topological polar surface area (TPSA) is 67.4 Å². The minimum absolute atomic E-state index is 0.234. The Bertz CT molecular complexity index is 633. The first-order chi connectivity index (χ1) is 11.6. The van der Waals surface area contributed by atoms with Crippen LogP contribution in [0.15, 0.2) is 41.6 Å². The molecule has 1 aromatic carbocycles. The molecule has 0 aromatic heterocycles. The molecule has 1 saturated carbocycles. The first-order valence-electron chi connectivity index (χ1n) is 8.64. The number of amides is 2. The van der Waals surface area contributed by atoms with Crippen molar-refractivity contribution in [1.29, 1.82) is 0 Å². The van der Waals surface area contributed by atoms with Crippen molar-refractivity contribution in [2.45, 2.75) is 51.7 Å². The van der Waals surface area contributed by atoms with Crippen LogP contribution < -0.4 is 10.6 Å². The maximum atomic E-state index is 12.7. The van der Waals surface area contributed by atoms with Gasteiger partial charge in [-0.25, -0.2) is 9.59 Å². The molecule has 1 atom stereocenters. The largest absolute Gasteiger partial charge is 0.457 e. The van der Waals surface area contributed by atoms with Crippen LogP contribution in [0.4, 0.5) is 4.79 Å². The summed E-state index contributed by atoms with van der Waals surface area (Å²) in [6.45, 7) is 2.01. The fourth-order valence-corrected chi connectivity index (χ4v) is 3.62. The van der Waals surface area contributed by atoms with Crippen molar-refractivity contribution in [2.75, 3.05) is 0 Å². The molecule has 1 fully saturated rings. The second-order valence-corrected chi connectivity index (χ2v) is 6.57. The van der Waals surface area contributed by atoms with Gasteiger partial charge in [-0.15, -0.1) is 0 Å². The van der Waals surface area contributed by atoms with E-state index in [1.165, 1.54) is 6.42 Å². The van der Waals surface area contributed by atoms with Crippen molar-refractivity contribution >= 4 is 12.0 Å². The Kier molecular flexibility index (Phi) is 5.18. The zero-order valence-corrected chi connectivity index (χ0v) is 14.0. The predicted octanol–water partition coefficient (Wildman–Crippen LogP) is 3.27. The fourth-order valence-electron chi connectivity index (χ4n) is 3.62. The van der Waals surface area contributed by atoms with E-state index in [2.05, 4.69) is 10.6 Å². The third-order valence-corrected chi connectivity index (χ3v) is 4.86. The molecular weight excluding hydrogens is 304 g/mol. The molecule has 1 aromatic rings. The molecule has 2 aliphatic rings. The second-order valence-electron chi connectivity index (χ2n) is 6.57. The van der Waals surface area contributed by atoms with E-state index in [0.717, 1.165) is 31.2 Å².